The van der Waals surface area contributed by atoms with Crippen molar-refractivity contribution >= 4 is 21.6 Å². The number of nitrogens with zero attached hydrogens (tertiary/aromatic N) is 8. The zero-order valence-electron chi connectivity index (χ0n) is 7.39. The van der Waals surface area contributed by atoms with Gasteiger partial charge in [0.25, 0.3) is 0 Å². The molecule has 0 saturated heterocycles. The summed E-state index contributed by atoms with van der Waals surface area (Å²) >= 11 is 0. The van der Waals surface area contributed by atoms with E-state index >= 15 is 0 Å². The fourth-order valence-corrected chi connectivity index (χ4v) is 2.53. The molecule has 10 heteroatoms. The lowest BCUT2D eigenvalue weighted by molar-refractivity contribution is 0.664. The lowest BCUT2D eigenvalue weighted by atomic mass is 11.2. The van der Waals surface area contributed by atoms with E-state index < -0.39 is 0 Å². The van der Waals surface area contributed by atoms with Gasteiger partial charge in [0.05, 0.1) is 0 Å². The minimum absolute atomic E-state index is 0.706. The Morgan fingerprint density at radius 2 is 1.29 bits per heavy atom. The molecular formula is C4H6N8S2. The third kappa shape index (κ3) is 1.85. The number of aromatic nitrogens is 8. The average molecular weight is 230 g/mol. The smallest absolute Gasteiger partial charge is 0.220 e. The molecule has 0 aliphatic heterocycles. The van der Waals surface area contributed by atoms with Crippen molar-refractivity contribution in [3.63, 3.8) is 0 Å². The van der Waals surface area contributed by atoms with Crippen LogP contribution in [0.25, 0.3) is 0 Å². The van der Waals surface area contributed by atoms with Crippen LogP contribution < -0.4 is 0 Å². The Hall–Kier alpha value is -1.16. The molecule has 0 unspecified atom stereocenters. The molecule has 0 fully saturated rings. The molecule has 0 radical (unpaired) electrons. The minimum atomic E-state index is 0.706. The maximum Gasteiger partial charge on any atom is 0.220 e. The Bertz CT molecular complexity index is 380. The van der Waals surface area contributed by atoms with Gasteiger partial charge >= 0.3 is 0 Å². The molecule has 0 spiro atoms. The SMILES string of the molecule is Cn1nnnc1SSc1nnnn1C. The van der Waals surface area contributed by atoms with Crippen molar-refractivity contribution in [2.24, 2.45) is 14.1 Å². The molecule has 0 amide bonds. The van der Waals surface area contributed by atoms with Crippen LogP contribution in [0.2, 0.25) is 0 Å². The number of hydrogen-bond donors (Lipinski definition) is 0. The molecule has 0 N–H and O–H groups in total. The van der Waals surface area contributed by atoms with Crippen LogP contribution in [0.1, 0.15) is 0 Å². The summed E-state index contributed by atoms with van der Waals surface area (Å²) in [6.45, 7) is 0. The molecule has 8 nitrogen and oxygen atoms in total. The van der Waals surface area contributed by atoms with Gasteiger partial charge in [0.2, 0.25) is 10.3 Å². The van der Waals surface area contributed by atoms with Crippen molar-refractivity contribution in [1.29, 1.82) is 0 Å². The molecular weight excluding hydrogens is 224 g/mol. The maximum absolute atomic E-state index is 3.81. The van der Waals surface area contributed by atoms with Crippen molar-refractivity contribution < 1.29 is 0 Å². The third-order valence-corrected chi connectivity index (χ3v) is 3.57. The zero-order valence-corrected chi connectivity index (χ0v) is 9.03. The summed E-state index contributed by atoms with van der Waals surface area (Å²) < 4.78 is 3.17. The van der Waals surface area contributed by atoms with E-state index in [9.17, 15) is 0 Å². The normalized spacial score (nSPS) is 10.7. The minimum Gasteiger partial charge on any atom is -0.223 e. The van der Waals surface area contributed by atoms with Gasteiger partial charge < -0.3 is 0 Å². The Labute approximate surface area is 86.8 Å². The van der Waals surface area contributed by atoms with Crippen LogP contribution in [-0.2, 0) is 14.1 Å². The highest BCUT2D eigenvalue weighted by Crippen LogP contribution is 2.33. The Balaban J connectivity index is 2.02. The summed E-state index contributed by atoms with van der Waals surface area (Å²) in [5, 5.41) is 23.5. The largest absolute Gasteiger partial charge is 0.223 e. The van der Waals surface area contributed by atoms with Gasteiger partial charge in [-0.15, -0.1) is 10.2 Å². The first-order chi connectivity index (χ1) is 6.77. The van der Waals surface area contributed by atoms with E-state index in [1.165, 1.54) is 21.6 Å². The fraction of sp³-hybridized carbons (Fsp3) is 0.500. The Morgan fingerprint density at radius 1 is 0.857 bits per heavy atom. The van der Waals surface area contributed by atoms with Crippen molar-refractivity contribution in [1.82, 2.24) is 40.4 Å². The predicted molar refractivity (Wildman–Crippen MR) is 49.3 cm³/mol. The van der Waals surface area contributed by atoms with Gasteiger partial charge in [-0.25, -0.2) is 9.36 Å². The highest BCUT2D eigenvalue weighted by atomic mass is 33.1. The van der Waals surface area contributed by atoms with Gasteiger partial charge in [0.1, 0.15) is 0 Å². The molecule has 2 heterocycles. The molecule has 0 saturated carbocycles. The van der Waals surface area contributed by atoms with E-state index in [1.807, 2.05) is 0 Å². The first kappa shape index (κ1) is 9.40. The summed E-state index contributed by atoms with van der Waals surface area (Å²) in [4.78, 5) is 0. The van der Waals surface area contributed by atoms with Gasteiger partial charge in [-0.2, -0.15) is 0 Å². The summed E-state index contributed by atoms with van der Waals surface area (Å²) in [7, 11) is 6.36. The fourth-order valence-electron chi connectivity index (χ4n) is 0.658. The third-order valence-electron chi connectivity index (χ3n) is 1.35. The molecule has 2 aromatic rings. The number of rotatable bonds is 3. The molecule has 2 rings (SSSR count). The molecule has 0 aliphatic carbocycles. The van der Waals surface area contributed by atoms with Gasteiger partial charge in [-0.3, -0.25) is 0 Å². The Morgan fingerprint density at radius 3 is 1.57 bits per heavy atom. The molecule has 74 valence electrons. The number of hydrogen-bond acceptors (Lipinski definition) is 8. The second-order valence-electron chi connectivity index (χ2n) is 2.34. The van der Waals surface area contributed by atoms with Crippen LogP contribution in [0.4, 0.5) is 0 Å². The van der Waals surface area contributed by atoms with E-state index in [2.05, 4.69) is 31.1 Å². The number of aryl methyl sites for hydroxylation is 2. The van der Waals surface area contributed by atoms with Crippen LogP contribution in [0.5, 0.6) is 0 Å². The first-order valence-electron chi connectivity index (χ1n) is 3.56. The van der Waals surface area contributed by atoms with Gasteiger partial charge in [0, 0.05) is 14.1 Å². The van der Waals surface area contributed by atoms with Crippen LogP contribution >= 0.6 is 21.6 Å². The average Bonchev–Trinajstić information content (AvgIpc) is 2.72. The zero-order chi connectivity index (χ0) is 9.97. The van der Waals surface area contributed by atoms with E-state index in [0.717, 1.165) is 0 Å². The van der Waals surface area contributed by atoms with Crippen LogP contribution in [0, 0.1) is 0 Å². The lowest BCUT2D eigenvalue weighted by Gasteiger charge is -1.95. The summed E-state index contributed by atoms with van der Waals surface area (Å²) in [6, 6.07) is 0. The molecule has 0 atom stereocenters. The van der Waals surface area contributed by atoms with Crippen molar-refractivity contribution in [2.45, 2.75) is 10.3 Å². The van der Waals surface area contributed by atoms with Crippen molar-refractivity contribution in [2.75, 3.05) is 0 Å². The molecule has 0 aromatic carbocycles. The van der Waals surface area contributed by atoms with Crippen LogP contribution in [-0.4, -0.2) is 40.4 Å². The molecule has 14 heavy (non-hydrogen) atoms. The topological polar surface area (TPSA) is 87.2 Å². The van der Waals surface area contributed by atoms with E-state index in [-0.39, 0.29) is 0 Å². The van der Waals surface area contributed by atoms with Gasteiger partial charge in [0.15, 0.2) is 0 Å². The van der Waals surface area contributed by atoms with Gasteiger partial charge in [-0.1, -0.05) is 0 Å². The number of tetrazole rings is 2. The highest BCUT2D eigenvalue weighted by molar-refractivity contribution is 8.76. The van der Waals surface area contributed by atoms with E-state index in [4.69, 9.17) is 0 Å². The highest BCUT2D eigenvalue weighted by Gasteiger charge is 2.08. The summed E-state index contributed by atoms with van der Waals surface area (Å²) in [6.07, 6.45) is 0. The quantitative estimate of drug-likeness (QED) is 0.654. The van der Waals surface area contributed by atoms with Gasteiger partial charge in [-0.05, 0) is 42.4 Å². The molecule has 0 bridgehead atoms. The van der Waals surface area contributed by atoms with Crippen molar-refractivity contribution in [3.05, 3.63) is 0 Å². The van der Waals surface area contributed by atoms with Crippen LogP contribution in [0.15, 0.2) is 10.3 Å². The summed E-state index contributed by atoms with van der Waals surface area (Å²) in [5.41, 5.74) is 0. The summed E-state index contributed by atoms with van der Waals surface area (Å²) in [5.74, 6) is 0. The van der Waals surface area contributed by atoms with E-state index in [1.54, 1.807) is 23.5 Å². The van der Waals surface area contributed by atoms with Crippen molar-refractivity contribution in [3.8, 4) is 0 Å². The maximum atomic E-state index is 3.81. The van der Waals surface area contributed by atoms with Crippen LogP contribution in [0.3, 0.4) is 0 Å². The monoisotopic (exact) mass is 230 g/mol. The Kier molecular flexibility index (Phi) is 2.63. The lowest BCUT2D eigenvalue weighted by Crippen LogP contribution is -1.93. The second kappa shape index (κ2) is 3.92. The second-order valence-corrected chi connectivity index (χ2v) is 4.40. The molecule has 2 aromatic heterocycles. The standard InChI is InChI=1S/C4H6N8S2/c1-11-3(5-7-9-11)13-14-4-6-8-10-12(4)2/h1-2H3. The predicted octanol–water partition coefficient (Wildman–Crippen LogP) is -0.467. The van der Waals surface area contributed by atoms with E-state index in [0.29, 0.717) is 10.3 Å². The molecule has 0 aliphatic rings. The first-order valence-corrected chi connectivity index (χ1v) is 5.71.